The quantitative estimate of drug-likeness (QED) is 0.734. The van der Waals surface area contributed by atoms with Crippen molar-refractivity contribution in [1.29, 1.82) is 0 Å². The van der Waals surface area contributed by atoms with Crippen LogP contribution in [0.15, 0.2) is 18.2 Å². The van der Waals surface area contributed by atoms with Crippen LogP contribution in [0.4, 0.5) is 0 Å². The number of carbonyl (C=O) groups is 2. The summed E-state index contributed by atoms with van der Waals surface area (Å²) in [6.07, 6.45) is 1.20. The molecule has 1 amide bonds. The molecule has 6 nitrogen and oxygen atoms in total. The molecule has 0 aliphatic heterocycles. The number of carboxylic acids is 1. The van der Waals surface area contributed by atoms with Gasteiger partial charge >= 0.3 is 5.97 Å². The second-order valence-corrected chi connectivity index (χ2v) is 4.17. The molecule has 1 atom stereocenters. The van der Waals surface area contributed by atoms with Gasteiger partial charge in [-0.2, -0.15) is 0 Å². The van der Waals surface area contributed by atoms with Crippen LogP contribution >= 0.6 is 0 Å². The van der Waals surface area contributed by atoms with Gasteiger partial charge in [0.1, 0.15) is 0 Å². The van der Waals surface area contributed by atoms with Crippen LogP contribution in [0.2, 0.25) is 0 Å². The summed E-state index contributed by atoms with van der Waals surface area (Å²) in [5.74, 6) is -0.360. The third-order valence-corrected chi connectivity index (χ3v) is 2.91. The van der Waals surface area contributed by atoms with Gasteiger partial charge < -0.3 is 19.5 Å². The molecule has 0 fully saturated rings. The Balaban J connectivity index is 3.34. The number of rotatable bonds is 8. The molecular formula is C14H19NO5. The van der Waals surface area contributed by atoms with Gasteiger partial charge in [0.25, 0.3) is 0 Å². The number of methoxy groups -OCH3 is 2. The number of aliphatic carboxylic acids is 1. The van der Waals surface area contributed by atoms with Crippen LogP contribution in [0.5, 0.6) is 11.5 Å². The van der Waals surface area contributed by atoms with E-state index in [9.17, 15) is 14.7 Å². The number of ether oxygens (including phenoxy) is 2. The Bertz CT molecular complexity index is 475. The maximum absolute atomic E-state index is 11.5. The maximum atomic E-state index is 11.5. The minimum absolute atomic E-state index is 0.324. The van der Waals surface area contributed by atoms with E-state index in [0.29, 0.717) is 36.4 Å². The van der Waals surface area contributed by atoms with E-state index in [2.05, 4.69) is 0 Å². The highest BCUT2D eigenvalue weighted by Gasteiger charge is 2.30. The second kappa shape index (κ2) is 7.37. The summed E-state index contributed by atoms with van der Waals surface area (Å²) >= 11 is 0. The molecule has 6 heteroatoms. The summed E-state index contributed by atoms with van der Waals surface area (Å²) in [6, 6.07) is 3.86. The number of amides is 1. The van der Waals surface area contributed by atoms with Crippen molar-refractivity contribution in [2.45, 2.75) is 19.4 Å². The average Bonchev–Trinajstić information content (AvgIpc) is 2.45. The molecule has 0 aromatic heterocycles. The summed E-state index contributed by atoms with van der Waals surface area (Å²) in [5, 5.41) is 9.44. The first kappa shape index (κ1) is 15.8. The zero-order valence-corrected chi connectivity index (χ0v) is 11.8. The van der Waals surface area contributed by atoms with Crippen LogP contribution in [0.3, 0.4) is 0 Å². The summed E-state index contributed by atoms with van der Waals surface area (Å²) in [6.45, 7) is 2.22. The third-order valence-electron chi connectivity index (χ3n) is 2.91. The van der Waals surface area contributed by atoms with Crippen LogP contribution in [0.1, 0.15) is 24.9 Å². The summed E-state index contributed by atoms with van der Waals surface area (Å²) in [7, 11) is 2.91. The number of hydrogen-bond donors (Lipinski definition) is 1. The smallest absolute Gasteiger partial charge is 0.331 e. The van der Waals surface area contributed by atoms with Gasteiger partial charge in [-0.3, -0.25) is 4.79 Å². The zero-order chi connectivity index (χ0) is 15.1. The molecule has 110 valence electrons. The van der Waals surface area contributed by atoms with E-state index >= 15 is 0 Å². The monoisotopic (exact) mass is 281 g/mol. The normalized spacial score (nSPS) is 11.6. The van der Waals surface area contributed by atoms with Crippen molar-refractivity contribution in [3.05, 3.63) is 23.8 Å². The fourth-order valence-electron chi connectivity index (χ4n) is 2.08. The van der Waals surface area contributed by atoms with E-state index in [-0.39, 0.29) is 0 Å². The van der Waals surface area contributed by atoms with Crippen LogP contribution in [0.25, 0.3) is 0 Å². The van der Waals surface area contributed by atoms with Gasteiger partial charge in [-0.1, -0.05) is 19.1 Å². The Morgan fingerprint density at radius 2 is 2.10 bits per heavy atom. The van der Waals surface area contributed by atoms with Gasteiger partial charge in [0, 0.05) is 12.1 Å². The van der Waals surface area contributed by atoms with Crippen molar-refractivity contribution < 1.29 is 24.2 Å². The number of carbonyl (C=O) groups excluding carboxylic acids is 1. The van der Waals surface area contributed by atoms with Crippen molar-refractivity contribution >= 4 is 12.4 Å². The van der Waals surface area contributed by atoms with Gasteiger partial charge in [-0.25, -0.2) is 4.79 Å². The van der Waals surface area contributed by atoms with E-state index in [1.54, 1.807) is 18.2 Å². The Hall–Kier alpha value is -2.24. The summed E-state index contributed by atoms with van der Waals surface area (Å²) < 4.78 is 10.4. The molecule has 1 aromatic carbocycles. The number of carboxylic acid groups (broad SMARTS) is 1. The Morgan fingerprint density at radius 1 is 1.40 bits per heavy atom. The fraction of sp³-hybridized carbons (Fsp3) is 0.429. The fourth-order valence-corrected chi connectivity index (χ4v) is 2.08. The van der Waals surface area contributed by atoms with Crippen molar-refractivity contribution in [2.24, 2.45) is 0 Å². The van der Waals surface area contributed by atoms with E-state index in [1.807, 2.05) is 6.92 Å². The lowest BCUT2D eigenvalue weighted by Gasteiger charge is -2.26. The van der Waals surface area contributed by atoms with E-state index < -0.39 is 12.0 Å². The van der Waals surface area contributed by atoms with Crippen molar-refractivity contribution in [2.75, 3.05) is 20.8 Å². The third kappa shape index (κ3) is 3.20. The number of hydrogen-bond acceptors (Lipinski definition) is 4. The molecular weight excluding hydrogens is 262 g/mol. The minimum Gasteiger partial charge on any atom is -0.493 e. The molecule has 0 saturated heterocycles. The molecule has 0 aliphatic rings. The average molecular weight is 281 g/mol. The maximum Gasteiger partial charge on any atom is 0.331 e. The zero-order valence-electron chi connectivity index (χ0n) is 11.8. The lowest BCUT2D eigenvalue weighted by Crippen LogP contribution is -2.34. The highest BCUT2D eigenvalue weighted by atomic mass is 16.5. The van der Waals surface area contributed by atoms with E-state index in [4.69, 9.17) is 9.47 Å². The number of para-hydroxylation sites is 1. The van der Waals surface area contributed by atoms with E-state index in [1.165, 1.54) is 19.1 Å². The van der Waals surface area contributed by atoms with Gasteiger partial charge in [0.2, 0.25) is 6.41 Å². The molecule has 0 aliphatic carbocycles. The molecule has 1 aromatic rings. The molecule has 0 spiro atoms. The molecule has 0 bridgehead atoms. The Labute approximate surface area is 117 Å². The van der Waals surface area contributed by atoms with Crippen LogP contribution in [0, 0.1) is 0 Å². The van der Waals surface area contributed by atoms with Crippen LogP contribution < -0.4 is 9.47 Å². The lowest BCUT2D eigenvalue weighted by molar-refractivity contribution is -0.146. The predicted molar refractivity (Wildman–Crippen MR) is 73.0 cm³/mol. The van der Waals surface area contributed by atoms with Gasteiger partial charge in [-0.05, 0) is 12.5 Å². The molecule has 1 unspecified atom stereocenters. The molecule has 0 saturated carbocycles. The van der Waals surface area contributed by atoms with Crippen LogP contribution in [-0.4, -0.2) is 43.2 Å². The Kier molecular flexibility index (Phi) is 5.83. The first-order chi connectivity index (χ1) is 9.60. The summed E-state index contributed by atoms with van der Waals surface area (Å²) in [5.41, 5.74) is 0.389. The highest BCUT2D eigenvalue weighted by molar-refractivity contribution is 5.79. The van der Waals surface area contributed by atoms with Crippen LogP contribution in [-0.2, 0) is 9.59 Å². The first-order valence-corrected chi connectivity index (χ1v) is 6.25. The lowest BCUT2D eigenvalue weighted by atomic mass is 10.0. The van der Waals surface area contributed by atoms with Gasteiger partial charge in [0.05, 0.1) is 14.2 Å². The second-order valence-electron chi connectivity index (χ2n) is 4.17. The number of benzene rings is 1. The van der Waals surface area contributed by atoms with Gasteiger partial charge in [-0.15, -0.1) is 0 Å². The largest absolute Gasteiger partial charge is 0.493 e. The minimum atomic E-state index is -1.11. The van der Waals surface area contributed by atoms with E-state index in [0.717, 1.165) is 0 Å². The molecule has 0 heterocycles. The molecule has 0 radical (unpaired) electrons. The van der Waals surface area contributed by atoms with Crippen molar-refractivity contribution in [3.8, 4) is 11.5 Å². The topological polar surface area (TPSA) is 76.1 Å². The molecule has 1 rings (SSSR count). The summed E-state index contributed by atoms with van der Waals surface area (Å²) in [4.78, 5) is 23.9. The van der Waals surface area contributed by atoms with Crippen molar-refractivity contribution in [1.82, 2.24) is 4.90 Å². The molecule has 1 N–H and O–H groups in total. The molecule has 20 heavy (non-hydrogen) atoms. The predicted octanol–water partition coefficient (Wildman–Crippen LogP) is 1.70. The standard InChI is InChI=1S/C14H19NO5/c1-4-8-15(9-16)12(14(17)18)10-6-5-7-11(19-2)13(10)20-3/h5-7,9,12H,4,8H2,1-3H3,(H,17,18). The van der Waals surface area contributed by atoms with Crippen molar-refractivity contribution in [3.63, 3.8) is 0 Å². The first-order valence-electron chi connectivity index (χ1n) is 6.25. The highest BCUT2D eigenvalue weighted by Crippen LogP contribution is 2.36. The van der Waals surface area contributed by atoms with Gasteiger partial charge in [0.15, 0.2) is 17.5 Å². The number of nitrogens with zero attached hydrogens (tertiary/aromatic N) is 1. The SMILES string of the molecule is CCCN(C=O)C(C(=O)O)c1cccc(OC)c1OC. The Morgan fingerprint density at radius 3 is 2.55 bits per heavy atom.